The number of para-hydroxylation sites is 2. The number of aryl methyl sites for hydroxylation is 1. The van der Waals surface area contributed by atoms with Crippen LogP contribution < -0.4 is 20.7 Å². The molecule has 0 amide bonds. The number of methoxy groups -OCH3 is 1. The molecule has 0 spiro atoms. The molecule has 0 saturated carbocycles. The van der Waals surface area contributed by atoms with Gasteiger partial charge in [-0.05, 0) is 56.1 Å². The predicted molar refractivity (Wildman–Crippen MR) is 122 cm³/mol. The molecule has 2 aromatic carbocycles. The minimum Gasteiger partial charge on any atom is -0.495 e. The van der Waals surface area contributed by atoms with Crippen molar-refractivity contribution >= 4 is 29.5 Å². The van der Waals surface area contributed by atoms with Crippen LogP contribution in [-0.4, -0.2) is 51.3 Å². The zero-order valence-electron chi connectivity index (χ0n) is 17.0. The number of rotatable bonds is 8. The van der Waals surface area contributed by atoms with Crippen LogP contribution in [0.3, 0.4) is 0 Å². The van der Waals surface area contributed by atoms with Gasteiger partial charge >= 0.3 is 0 Å². The number of ether oxygens (including phenoxy) is 1. The van der Waals surface area contributed by atoms with E-state index in [4.69, 9.17) is 10.5 Å². The molecule has 0 aliphatic carbocycles. The molecular formula is C22H33ClN4O. The van der Waals surface area contributed by atoms with Crippen molar-refractivity contribution in [2.24, 2.45) is 0 Å². The number of hydrogen-bond donors (Lipinski definition) is 2. The maximum atomic E-state index is 6.02. The first-order valence-corrected chi connectivity index (χ1v) is 9.87. The lowest BCUT2D eigenvalue weighted by Gasteiger charge is -2.36. The Morgan fingerprint density at radius 2 is 1.79 bits per heavy atom. The Bertz CT molecular complexity index is 732. The fraction of sp³-hybridized carbons (Fsp3) is 0.455. The number of halogens is 1. The van der Waals surface area contributed by atoms with Gasteiger partial charge in [-0.3, -0.25) is 4.90 Å². The minimum atomic E-state index is 0. The van der Waals surface area contributed by atoms with Gasteiger partial charge in [-0.25, -0.2) is 0 Å². The van der Waals surface area contributed by atoms with Crippen molar-refractivity contribution in [3.05, 3.63) is 48.0 Å². The Morgan fingerprint density at radius 1 is 1.04 bits per heavy atom. The molecule has 0 bridgehead atoms. The lowest BCUT2D eigenvalue weighted by molar-refractivity contribution is 0.253. The fourth-order valence-corrected chi connectivity index (χ4v) is 3.61. The fourth-order valence-electron chi connectivity index (χ4n) is 3.61. The maximum Gasteiger partial charge on any atom is 0.142 e. The zero-order valence-corrected chi connectivity index (χ0v) is 17.8. The molecule has 6 heteroatoms. The van der Waals surface area contributed by atoms with Crippen LogP contribution in [0, 0.1) is 6.92 Å². The van der Waals surface area contributed by atoms with Gasteiger partial charge in [0.2, 0.25) is 0 Å². The average Bonchev–Trinajstić information content (AvgIpc) is 2.70. The molecule has 0 unspecified atom stereocenters. The van der Waals surface area contributed by atoms with E-state index in [2.05, 4.69) is 40.2 Å². The number of nitrogens with one attached hydrogen (secondary N) is 1. The average molecular weight is 405 g/mol. The van der Waals surface area contributed by atoms with Crippen molar-refractivity contribution in [1.29, 1.82) is 0 Å². The summed E-state index contributed by atoms with van der Waals surface area (Å²) in [4.78, 5) is 4.99. The van der Waals surface area contributed by atoms with Crippen LogP contribution in [0.4, 0.5) is 17.1 Å². The van der Waals surface area contributed by atoms with Crippen molar-refractivity contribution in [3.63, 3.8) is 0 Å². The number of unbranched alkanes of at least 4 members (excludes halogenated alkanes) is 1. The van der Waals surface area contributed by atoms with E-state index in [-0.39, 0.29) is 12.4 Å². The van der Waals surface area contributed by atoms with Crippen molar-refractivity contribution in [1.82, 2.24) is 4.90 Å². The number of nitrogens with two attached hydrogens (primary N) is 1. The van der Waals surface area contributed by atoms with Crippen LogP contribution in [0.15, 0.2) is 42.5 Å². The van der Waals surface area contributed by atoms with Gasteiger partial charge < -0.3 is 20.7 Å². The summed E-state index contributed by atoms with van der Waals surface area (Å²) >= 11 is 0. The number of anilines is 3. The van der Waals surface area contributed by atoms with Crippen LogP contribution in [0.2, 0.25) is 0 Å². The maximum absolute atomic E-state index is 6.02. The van der Waals surface area contributed by atoms with Crippen LogP contribution >= 0.6 is 12.4 Å². The first kappa shape index (κ1) is 22.2. The molecule has 1 fully saturated rings. The SMILES string of the molecule is COc1ccccc1N1CCN(CCCCNc2cc(C)ccc2N)CC1.Cl. The van der Waals surface area contributed by atoms with Crippen LogP contribution in [0.1, 0.15) is 18.4 Å². The molecule has 3 rings (SSSR count). The summed E-state index contributed by atoms with van der Waals surface area (Å²) in [5, 5.41) is 3.47. The Hall–Kier alpha value is -2.11. The summed E-state index contributed by atoms with van der Waals surface area (Å²) in [7, 11) is 1.74. The molecule has 1 aliphatic rings. The highest BCUT2D eigenvalue weighted by Crippen LogP contribution is 2.28. The van der Waals surface area contributed by atoms with E-state index in [1.54, 1.807) is 7.11 Å². The van der Waals surface area contributed by atoms with Crippen molar-refractivity contribution in [3.8, 4) is 5.75 Å². The first-order valence-electron chi connectivity index (χ1n) is 9.87. The highest BCUT2D eigenvalue weighted by Gasteiger charge is 2.18. The molecule has 0 atom stereocenters. The molecule has 1 saturated heterocycles. The summed E-state index contributed by atoms with van der Waals surface area (Å²) in [5.41, 5.74) is 10.3. The summed E-state index contributed by atoms with van der Waals surface area (Å²) in [6.07, 6.45) is 2.35. The Balaban J connectivity index is 0.00000280. The summed E-state index contributed by atoms with van der Waals surface area (Å²) in [6.45, 7) is 8.54. The molecule has 0 aromatic heterocycles. The Kier molecular flexibility index (Phi) is 8.74. The third-order valence-corrected chi connectivity index (χ3v) is 5.22. The normalized spacial score (nSPS) is 14.4. The van der Waals surface area contributed by atoms with E-state index in [1.807, 2.05) is 24.3 Å². The quantitative estimate of drug-likeness (QED) is 0.514. The van der Waals surface area contributed by atoms with Gasteiger partial charge in [-0.15, -0.1) is 12.4 Å². The molecule has 0 radical (unpaired) electrons. The van der Waals surface area contributed by atoms with Crippen LogP contribution in [0.5, 0.6) is 5.75 Å². The molecule has 2 aromatic rings. The number of benzene rings is 2. The van der Waals surface area contributed by atoms with Gasteiger partial charge in [-0.2, -0.15) is 0 Å². The molecule has 28 heavy (non-hydrogen) atoms. The summed E-state index contributed by atoms with van der Waals surface area (Å²) in [5.74, 6) is 0.965. The Labute approximate surface area is 175 Å². The van der Waals surface area contributed by atoms with Gasteiger partial charge in [-0.1, -0.05) is 18.2 Å². The van der Waals surface area contributed by atoms with Crippen molar-refractivity contribution < 1.29 is 4.74 Å². The van der Waals surface area contributed by atoms with Crippen molar-refractivity contribution in [2.45, 2.75) is 19.8 Å². The third kappa shape index (κ3) is 5.94. The molecular weight excluding hydrogens is 372 g/mol. The first-order chi connectivity index (χ1) is 13.2. The molecule has 1 aliphatic heterocycles. The highest BCUT2D eigenvalue weighted by atomic mass is 35.5. The monoisotopic (exact) mass is 404 g/mol. The predicted octanol–water partition coefficient (Wildman–Crippen LogP) is 4.02. The van der Waals surface area contributed by atoms with Gasteiger partial charge in [0.15, 0.2) is 0 Å². The topological polar surface area (TPSA) is 53.8 Å². The van der Waals surface area contributed by atoms with Gasteiger partial charge in [0, 0.05) is 32.7 Å². The lowest BCUT2D eigenvalue weighted by atomic mass is 10.2. The van der Waals surface area contributed by atoms with Gasteiger partial charge in [0.25, 0.3) is 0 Å². The van der Waals surface area contributed by atoms with Crippen LogP contribution in [-0.2, 0) is 0 Å². The summed E-state index contributed by atoms with van der Waals surface area (Å²) < 4.78 is 5.50. The molecule has 154 valence electrons. The molecule has 3 N–H and O–H groups in total. The van der Waals surface area contributed by atoms with E-state index in [9.17, 15) is 0 Å². The number of nitrogen functional groups attached to an aromatic ring is 1. The van der Waals surface area contributed by atoms with E-state index in [1.165, 1.54) is 17.7 Å². The number of hydrogen-bond acceptors (Lipinski definition) is 5. The van der Waals surface area contributed by atoms with E-state index in [0.29, 0.717) is 0 Å². The molecule has 1 heterocycles. The zero-order chi connectivity index (χ0) is 19.1. The van der Waals surface area contributed by atoms with Gasteiger partial charge in [0.1, 0.15) is 5.75 Å². The van der Waals surface area contributed by atoms with Gasteiger partial charge in [0.05, 0.1) is 24.2 Å². The van der Waals surface area contributed by atoms with Crippen LogP contribution in [0.25, 0.3) is 0 Å². The second-order valence-electron chi connectivity index (χ2n) is 7.23. The second-order valence-corrected chi connectivity index (χ2v) is 7.23. The molecule has 5 nitrogen and oxygen atoms in total. The van der Waals surface area contributed by atoms with E-state index < -0.39 is 0 Å². The Morgan fingerprint density at radius 3 is 2.54 bits per heavy atom. The minimum absolute atomic E-state index is 0. The highest BCUT2D eigenvalue weighted by molar-refractivity contribution is 5.85. The number of nitrogens with zero attached hydrogens (tertiary/aromatic N) is 2. The number of piperazine rings is 1. The van der Waals surface area contributed by atoms with E-state index in [0.717, 1.165) is 62.8 Å². The smallest absolute Gasteiger partial charge is 0.142 e. The third-order valence-electron chi connectivity index (χ3n) is 5.22. The van der Waals surface area contributed by atoms with Crippen molar-refractivity contribution in [2.75, 3.05) is 62.3 Å². The second kappa shape index (κ2) is 11.0. The standard InChI is InChI=1S/C22H32N4O.ClH/c1-18-9-10-19(23)20(17-18)24-11-5-6-12-25-13-15-26(16-14-25)21-7-3-4-8-22(21)27-2;/h3-4,7-10,17,24H,5-6,11-16,23H2,1-2H3;1H. The summed E-state index contributed by atoms with van der Waals surface area (Å²) in [6, 6.07) is 14.4. The van der Waals surface area contributed by atoms with E-state index >= 15 is 0 Å². The lowest BCUT2D eigenvalue weighted by Crippen LogP contribution is -2.46. The largest absolute Gasteiger partial charge is 0.495 e.